The molecule has 2 heteroatoms. The SMILES string of the molecule is C/C=C/CCC[N+](C)(c1ccccc1)c1ccccc1.[Cl-]. The van der Waals surface area contributed by atoms with Crippen molar-refractivity contribution in [3.05, 3.63) is 72.8 Å². The molecule has 1 nitrogen and oxygen atoms in total. The average Bonchev–Trinajstić information content (AvgIpc) is 2.53. The number of halogens is 1. The van der Waals surface area contributed by atoms with Gasteiger partial charge in [0.1, 0.15) is 11.4 Å². The van der Waals surface area contributed by atoms with Crippen molar-refractivity contribution >= 4 is 11.4 Å². The minimum Gasteiger partial charge on any atom is -1.00 e. The number of unbranched alkanes of at least 4 members (excludes halogenated alkanes) is 1. The Hall–Kier alpha value is -1.57. The molecule has 0 aliphatic carbocycles. The van der Waals surface area contributed by atoms with Crippen molar-refractivity contribution in [2.24, 2.45) is 0 Å². The van der Waals surface area contributed by atoms with Gasteiger partial charge in [-0.25, -0.2) is 0 Å². The van der Waals surface area contributed by atoms with E-state index >= 15 is 0 Å². The first-order chi connectivity index (χ1) is 9.77. The summed E-state index contributed by atoms with van der Waals surface area (Å²) in [6.07, 6.45) is 6.71. The number of benzene rings is 2. The van der Waals surface area contributed by atoms with Crippen LogP contribution in [-0.2, 0) is 0 Å². The first-order valence-electron chi connectivity index (χ1n) is 7.35. The summed E-state index contributed by atoms with van der Waals surface area (Å²) in [6, 6.07) is 21.6. The molecule has 2 aromatic carbocycles. The monoisotopic (exact) mass is 301 g/mol. The largest absolute Gasteiger partial charge is 1.00 e. The summed E-state index contributed by atoms with van der Waals surface area (Å²) < 4.78 is 0.860. The van der Waals surface area contributed by atoms with Crippen LogP contribution in [0.4, 0.5) is 11.4 Å². The summed E-state index contributed by atoms with van der Waals surface area (Å²) >= 11 is 0. The molecule has 0 amide bonds. The van der Waals surface area contributed by atoms with Crippen molar-refractivity contribution in [3.8, 4) is 0 Å². The molecule has 0 N–H and O–H groups in total. The lowest BCUT2D eigenvalue weighted by molar-refractivity contribution is -0.00000412. The van der Waals surface area contributed by atoms with Crippen molar-refractivity contribution in [3.63, 3.8) is 0 Å². The topological polar surface area (TPSA) is 0 Å². The summed E-state index contributed by atoms with van der Waals surface area (Å²) in [7, 11) is 2.31. The Kier molecular flexibility index (Phi) is 7.21. The summed E-state index contributed by atoms with van der Waals surface area (Å²) in [5, 5.41) is 0. The zero-order valence-electron chi connectivity index (χ0n) is 12.9. The smallest absolute Gasteiger partial charge is 0.137 e. The van der Waals surface area contributed by atoms with E-state index in [1.807, 2.05) is 0 Å². The second-order valence-electron chi connectivity index (χ2n) is 5.30. The molecule has 0 radical (unpaired) electrons. The maximum Gasteiger partial charge on any atom is 0.137 e. The predicted octanol–water partition coefficient (Wildman–Crippen LogP) is 2.32. The Bertz CT molecular complexity index is 495. The highest BCUT2D eigenvalue weighted by Crippen LogP contribution is 2.32. The van der Waals surface area contributed by atoms with Gasteiger partial charge in [-0.05, 0) is 37.6 Å². The molecule has 0 aliphatic heterocycles. The molecule has 0 aliphatic rings. The fraction of sp³-hybridized carbons (Fsp3) is 0.263. The standard InChI is InChI=1S/C19H24N.ClH/c1-3-4-5-12-17-20(2,18-13-8-6-9-14-18)19-15-10-7-11-16-19;/h3-4,6-11,13-16H,5,12,17H2,1-2H3;1H/q+1;/p-1/b4-3+;. The van der Waals surface area contributed by atoms with Crippen LogP contribution in [0.3, 0.4) is 0 Å². The number of quaternary nitrogens is 1. The molecule has 0 atom stereocenters. The molecular formula is C19H24ClN. The Balaban J connectivity index is 0.00000220. The molecule has 0 fully saturated rings. The van der Waals surface area contributed by atoms with E-state index in [0.29, 0.717) is 0 Å². The van der Waals surface area contributed by atoms with E-state index in [0.717, 1.165) is 17.4 Å². The van der Waals surface area contributed by atoms with Crippen LogP contribution in [0.5, 0.6) is 0 Å². The second-order valence-corrected chi connectivity index (χ2v) is 5.30. The normalized spacial score (nSPS) is 11.3. The van der Waals surface area contributed by atoms with Crippen LogP contribution in [0.2, 0.25) is 0 Å². The van der Waals surface area contributed by atoms with Gasteiger partial charge in [-0.1, -0.05) is 48.6 Å². The molecule has 0 bridgehead atoms. The zero-order valence-corrected chi connectivity index (χ0v) is 13.6. The maximum atomic E-state index is 2.31. The van der Waals surface area contributed by atoms with E-state index in [9.17, 15) is 0 Å². The average molecular weight is 302 g/mol. The first-order valence-corrected chi connectivity index (χ1v) is 7.35. The number of allylic oxidation sites excluding steroid dienone is 2. The van der Waals surface area contributed by atoms with E-state index < -0.39 is 0 Å². The third-order valence-electron chi connectivity index (χ3n) is 3.86. The lowest BCUT2D eigenvalue weighted by atomic mass is 10.1. The molecule has 21 heavy (non-hydrogen) atoms. The van der Waals surface area contributed by atoms with Gasteiger partial charge in [0.05, 0.1) is 13.6 Å². The Labute approximate surface area is 134 Å². The lowest BCUT2D eigenvalue weighted by Crippen LogP contribution is -3.00. The third kappa shape index (κ3) is 4.45. The van der Waals surface area contributed by atoms with E-state index in [1.54, 1.807) is 0 Å². The highest BCUT2D eigenvalue weighted by atomic mass is 35.5. The van der Waals surface area contributed by atoms with Crippen molar-refractivity contribution in [1.82, 2.24) is 4.48 Å². The highest BCUT2D eigenvalue weighted by Gasteiger charge is 2.26. The van der Waals surface area contributed by atoms with Gasteiger partial charge in [0.25, 0.3) is 0 Å². The number of hydrogen-bond acceptors (Lipinski definition) is 0. The van der Waals surface area contributed by atoms with Gasteiger partial charge < -0.3 is 12.4 Å². The van der Waals surface area contributed by atoms with E-state index in [2.05, 4.69) is 86.8 Å². The molecule has 0 saturated carbocycles. The first kappa shape index (κ1) is 17.5. The minimum atomic E-state index is 0. The van der Waals surface area contributed by atoms with Crippen molar-refractivity contribution in [2.75, 3.05) is 13.6 Å². The minimum absolute atomic E-state index is 0. The van der Waals surface area contributed by atoms with Gasteiger partial charge in [0.15, 0.2) is 0 Å². The summed E-state index contributed by atoms with van der Waals surface area (Å²) in [5.74, 6) is 0. The number of nitrogens with zero attached hydrogens (tertiary/aromatic N) is 1. The van der Waals surface area contributed by atoms with Gasteiger partial charge >= 0.3 is 0 Å². The van der Waals surface area contributed by atoms with Crippen LogP contribution in [0.25, 0.3) is 0 Å². The molecule has 2 aromatic rings. The molecular weight excluding hydrogens is 278 g/mol. The van der Waals surface area contributed by atoms with Crippen molar-refractivity contribution in [2.45, 2.75) is 19.8 Å². The Morgan fingerprint density at radius 1 is 0.857 bits per heavy atom. The molecule has 2 rings (SSSR count). The molecule has 112 valence electrons. The molecule has 0 saturated heterocycles. The van der Waals surface area contributed by atoms with Crippen molar-refractivity contribution < 1.29 is 12.4 Å². The van der Waals surface area contributed by atoms with Gasteiger partial charge in [-0.3, -0.25) is 4.48 Å². The second kappa shape index (κ2) is 8.66. The zero-order chi connectivity index (χ0) is 14.3. The number of hydrogen-bond donors (Lipinski definition) is 0. The van der Waals surface area contributed by atoms with E-state index in [4.69, 9.17) is 0 Å². The Morgan fingerprint density at radius 3 is 1.76 bits per heavy atom. The predicted molar refractivity (Wildman–Crippen MR) is 89.2 cm³/mol. The molecule has 0 unspecified atom stereocenters. The number of rotatable bonds is 6. The van der Waals surface area contributed by atoms with Gasteiger partial charge in [-0.2, -0.15) is 0 Å². The molecule has 0 heterocycles. The fourth-order valence-electron chi connectivity index (χ4n) is 2.61. The van der Waals surface area contributed by atoms with Gasteiger partial charge in [-0.15, -0.1) is 0 Å². The van der Waals surface area contributed by atoms with E-state index in [-0.39, 0.29) is 12.4 Å². The lowest BCUT2D eigenvalue weighted by Gasteiger charge is -2.33. The van der Waals surface area contributed by atoms with Crippen LogP contribution in [0, 0.1) is 0 Å². The maximum absolute atomic E-state index is 2.31. The van der Waals surface area contributed by atoms with E-state index in [1.165, 1.54) is 17.8 Å². The van der Waals surface area contributed by atoms with Gasteiger partial charge in [0.2, 0.25) is 0 Å². The molecule has 0 spiro atoms. The van der Waals surface area contributed by atoms with Crippen LogP contribution in [-0.4, -0.2) is 13.6 Å². The summed E-state index contributed by atoms with van der Waals surface area (Å²) in [5.41, 5.74) is 2.69. The van der Waals surface area contributed by atoms with Crippen LogP contribution >= 0.6 is 0 Å². The van der Waals surface area contributed by atoms with Crippen LogP contribution in [0.1, 0.15) is 19.8 Å². The number of para-hydroxylation sites is 2. The van der Waals surface area contributed by atoms with Crippen molar-refractivity contribution in [1.29, 1.82) is 0 Å². The van der Waals surface area contributed by atoms with Gasteiger partial charge in [0, 0.05) is 6.42 Å². The third-order valence-corrected chi connectivity index (χ3v) is 3.86. The summed E-state index contributed by atoms with van der Waals surface area (Å²) in [4.78, 5) is 0. The summed E-state index contributed by atoms with van der Waals surface area (Å²) in [6.45, 7) is 3.20. The van der Waals surface area contributed by atoms with Crippen LogP contribution < -0.4 is 16.9 Å². The quantitative estimate of drug-likeness (QED) is 0.436. The molecule has 0 aromatic heterocycles. The highest BCUT2D eigenvalue weighted by molar-refractivity contribution is 5.57. The van der Waals surface area contributed by atoms with Crippen LogP contribution in [0.15, 0.2) is 72.8 Å². The Morgan fingerprint density at radius 2 is 1.33 bits per heavy atom. The fourth-order valence-corrected chi connectivity index (χ4v) is 2.61.